The van der Waals surface area contributed by atoms with Crippen LogP contribution in [0.15, 0.2) is 0 Å². The molecule has 0 aromatic heterocycles. The number of hydrogen-bond donors (Lipinski definition) is 0. The van der Waals surface area contributed by atoms with E-state index in [1.807, 2.05) is 43.2 Å². The molecule has 9 nitrogen and oxygen atoms in total. The van der Waals surface area contributed by atoms with Gasteiger partial charge in [-0.05, 0) is 38.5 Å². The Morgan fingerprint density at radius 1 is 0.919 bits per heavy atom. The lowest BCUT2D eigenvalue weighted by Gasteiger charge is -2.28. The maximum absolute atomic E-state index is 12.3. The molecule has 2 rings (SSSR count). The topological polar surface area (TPSA) is 119 Å². The molecule has 0 N–H and O–H groups in total. The Labute approximate surface area is 239 Å². The van der Waals surface area contributed by atoms with Gasteiger partial charge in [0.1, 0.15) is 13.2 Å². The monoisotopic (exact) mass is 621 g/mol. The van der Waals surface area contributed by atoms with Crippen molar-refractivity contribution < 1.29 is 40.7 Å². The third-order valence-corrected chi connectivity index (χ3v) is 11.9. The zero-order valence-corrected chi connectivity index (χ0v) is 26.5. The summed E-state index contributed by atoms with van der Waals surface area (Å²) >= 11 is 0. The molecule has 2 aliphatic rings. The SMILES string of the molecule is COS(=O)(=O)[O-].C[N+](C)(C)CC(COC(=O)CCCCC1CCSS1)OC(=O)CCCCC1CCSS1. The fraction of sp³-hybridized carbons (Fsp3) is 0.913. The predicted octanol–water partition coefficient (Wildman–Crippen LogP) is 4.67. The lowest BCUT2D eigenvalue weighted by Crippen LogP contribution is -2.45. The number of hydrogen-bond acceptors (Lipinski definition) is 12. The number of quaternary nitrogens is 1. The van der Waals surface area contributed by atoms with Crippen LogP contribution >= 0.6 is 43.2 Å². The molecule has 37 heavy (non-hydrogen) atoms. The Morgan fingerprint density at radius 3 is 1.81 bits per heavy atom. The van der Waals surface area contributed by atoms with E-state index in [1.54, 1.807) is 0 Å². The van der Waals surface area contributed by atoms with Gasteiger partial charge in [-0.15, -0.1) is 0 Å². The Kier molecular flexibility index (Phi) is 18.3. The third-order valence-electron chi connectivity index (χ3n) is 5.45. The van der Waals surface area contributed by atoms with Crippen LogP contribution < -0.4 is 0 Å². The van der Waals surface area contributed by atoms with Crippen LogP contribution in [0.3, 0.4) is 0 Å². The van der Waals surface area contributed by atoms with E-state index < -0.39 is 10.4 Å². The molecule has 2 fully saturated rings. The number of rotatable bonds is 16. The van der Waals surface area contributed by atoms with Gasteiger partial charge < -0.3 is 18.5 Å². The van der Waals surface area contributed by atoms with Gasteiger partial charge in [0.15, 0.2) is 6.10 Å². The predicted molar refractivity (Wildman–Crippen MR) is 154 cm³/mol. The van der Waals surface area contributed by atoms with Crippen LogP contribution in [0.2, 0.25) is 0 Å². The molecule has 0 amide bonds. The third kappa shape index (κ3) is 20.7. The van der Waals surface area contributed by atoms with E-state index in [-0.39, 0.29) is 24.6 Å². The van der Waals surface area contributed by atoms with Crippen LogP contribution in [0.25, 0.3) is 0 Å². The molecule has 14 heteroatoms. The number of esters is 2. The number of carbonyl (C=O) groups is 2. The molecule has 218 valence electrons. The molecule has 2 aliphatic heterocycles. The highest BCUT2D eigenvalue weighted by Crippen LogP contribution is 2.40. The van der Waals surface area contributed by atoms with E-state index in [0.717, 1.165) is 43.3 Å². The van der Waals surface area contributed by atoms with Crippen molar-refractivity contribution in [3.8, 4) is 0 Å². The Hall–Kier alpha value is 0.170. The molecule has 3 unspecified atom stereocenters. The first-order valence-corrected chi connectivity index (χ1v) is 18.7. The van der Waals surface area contributed by atoms with Crippen LogP contribution in [0.5, 0.6) is 0 Å². The van der Waals surface area contributed by atoms with Gasteiger partial charge in [-0.3, -0.25) is 13.8 Å². The first-order valence-electron chi connectivity index (χ1n) is 12.6. The van der Waals surface area contributed by atoms with Gasteiger partial charge in [0, 0.05) is 34.8 Å². The summed E-state index contributed by atoms with van der Waals surface area (Å²) < 4.78 is 42.8. The van der Waals surface area contributed by atoms with E-state index in [2.05, 4.69) is 25.3 Å². The van der Waals surface area contributed by atoms with Crippen LogP contribution in [0.4, 0.5) is 0 Å². The van der Waals surface area contributed by atoms with Crippen LogP contribution in [-0.4, -0.2) is 98.9 Å². The van der Waals surface area contributed by atoms with Crippen molar-refractivity contribution in [3.05, 3.63) is 0 Å². The summed E-state index contributed by atoms with van der Waals surface area (Å²) in [6.45, 7) is 0.788. The highest BCUT2D eigenvalue weighted by atomic mass is 33.1. The molecule has 0 spiro atoms. The quantitative estimate of drug-likeness (QED) is 0.0595. The summed E-state index contributed by atoms with van der Waals surface area (Å²) in [7, 11) is 10.5. The maximum Gasteiger partial charge on any atom is 0.306 e. The van der Waals surface area contributed by atoms with Crippen molar-refractivity contribution in [1.82, 2.24) is 0 Å². The van der Waals surface area contributed by atoms with Crippen LogP contribution in [0, 0.1) is 0 Å². The molecule has 0 saturated carbocycles. The summed E-state index contributed by atoms with van der Waals surface area (Å²) in [6.07, 6.45) is 9.34. The molecule has 0 aliphatic carbocycles. The number of ether oxygens (including phenoxy) is 2. The van der Waals surface area contributed by atoms with E-state index in [1.165, 1.54) is 37.2 Å². The second kappa shape index (κ2) is 19.3. The van der Waals surface area contributed by atoms with Gasteiger partial charge in [-0.2, -0.15) is 0 Å². The molecule has 2 heterocycles. The standard InChI is InChI=1S/C22H40NO4S4.CH4O4S/c1-23(2,3)16-18(27-22(25)11-7-5-9-20-13-15-29-31-20)17-26-21(24)10-6-4-8-19-12-14-28-30-19;1-5-6(2,3)4/h18-20H,4-17H2,1-3H3;1H3,(H,2,3,4)/q+1;/p-1. The Morgan fingerprint density at radius 2 is 1.41 bits per heavy atom. The summed E-state index contributed by atoms with van der Waals surface area (Å²) in [5.74, 6) is 2.15. The smallest absolute Gasteiger partial charge is 0.306 e. The Balaban J connectivity index is 0.00000102. The van der Waals surface area contributed by atoms with Crippen molar-refractivity contribution in [2.75, 3.05) is 52.9 Å². The lowest BCUT2D eigenvalue weighted by atomic mass is 10.1. The second-order valence-corrected chi connectivity index (χ2v) is 16.7. The minimum atomic E-state index is -4.41. The zero-order valence-electron chi connectivity index (χ0n) is 22.4. The van der Waals surface area contributed by atoms with Crippen molar-refractivity contribution in [1.29, 1.82) is 0 Å². The molecule has 0 aromatic rings. The summed E-state index contributed by atoms with van der Waals surface area (Å²) in [6, 6.07) is 0. The van der Waals surface area contributed by atoms with Crippen molar-refractivity contribution in [3.63, 3.8) is 0 Å². The maximum atomic E-state index is 12.3. The van der Waals surface area contributed by atoms with Crippen molar-refractivity contribution >= 4 is 65.5 Å². The Bertz CT molecular complexity index is 751. The van der Waals surface area contributed by atoms with E-state index in [0.29, 0.717) is 23.9 Å². The normalized spacial score (nSPS) is 20.7. The highest BCUT2D eigenvalue weighted by Gasteiger charge is 2.24. The minimum Gasteiger partial charge on any atom is -0.726 e. The number of carbonyl (C=O) groups excluding carboxylic acids is 2. The van der Waals surface area contributed by atoms with Crippen LogP contribution in [0.1, 0.15) is 64.2 Å². The molecular weight excluding hydrogens is 579 g/mol. The summed E-state index contributed by atoms with van der Waals surface area (Å²) in [5.41, 5.74) is 0. The average Bonchev–Trinajstić information content (AvgIpc) is 3.51. The first kappa shape index (κ1) is 35.2. The molecule has 2 saturated heterocycles. The van der Waals surface area contributed by atoms with Gasteiger partial charge in [0.2, 0.25) is 10.4 Å². The molecule has 0 radical (unpaired) electrons. The van der Waals surface area contributed by atoms with E-state index in [9.17, 15) is 22.6 Å². The zero-order chi connectivity index (χ0) is 27.7. The van der Waals surface area contributed by atoms with Gasteiger partial charge in [0.05, 0.1) is 28.3 Å². The fourth-order valence-electron chi connectivity index (χ4n) is 3.65. The van der Waals surface area contributed by atoms with E-state index in [4.69, 9.17) is 9.47 Å². The van der Waals surface area contributed by atoms with E-state index >= 15 is 0 Å². The largest absolute Gasteiger partial charge is 0.726 e. The van der Waals surface area contributed by atoms with Crippen molar-refractivity contribution in [2.24, 2.45) is 0 Å². The lowest BCUT2D eigenvalue weighted by molar-refractivity contribution is -0.873. The first-order chi connectivity index (χ1) is 17.4. The molecule has 0 bridgehead atoms. The summed E-state index contributed by atoms with van der Waals surface area (Å²) in [4.78, 5) is 24.5. The number of likely N-dealkylation sites (N-methyl/N-ethyl adjacent to an activating group) is 1. The summed E-state index contributed by atoms with van der Waals surface area (Å²) in [5, 5.41) is 1.51. The van der Waals surface area contributed by atoms with Crippen LogP contribution in [-0.2, 0) is 33.6 Å². The molecular formula is C23H43NO8S5. The average molecular weight is 622 g/mol. The fourth-order valence-corrected chi connectivity index (χ4v) is 9.70. The second-order valence-electron chi connectivity index (χ2n) is 9.99. The molecule has 3 atom stereocenters. The minimum absolute atomic E-state index is 0.158. The highest BCUT2D eigenvalue weighted by molar-refractivity contribution is 8.77. The van der Waals surface area contributed by atoms with Gasteiger partial charge in [-0.1, -0.05) is 56.0 Å². The van der Waals surface area contributed by atoms with Gasteiger partial charge >= 0.3 is 11.9 Å². The number of unbranched alkanes of at least 4 members (excludes halogenated alkanes) is 2. The van der Waals surface area contributed by atoms with Gasteiger partial charge in [-0.25, -0.2) is 8.42 Å². The van der Waals surface area contributed by atoms with Crippen molar-refractivity contribution in [2.45, 2.75) is 80.8 Å². The molecule has 0 aromatic carbocycles. The van der Waals surface area contributed by atoms with Gasteiger partial charge in [0.25, 0.3) is 0 Å². The number of nitrogens with zero attached hydrogens (tertiary/aromatic N) is 1.